The lowest BCUT2D eigenvalue weighted by atomic mass is 10.2. The fourth-order valence-electron chi connectivity index (χ4n) is 1.07. The molecule has 1 aromatic carbocycles. The maximum Gasteiger partial charge on any atom is 0.335 e. The number of hydrogen-bond acceptors (Lipinski definition) is 3. The van der Waals surface area contributed by atoms with Crippen LogP contribution >= 0.6 is 0 Å². The fourth-order valence-corrected chi connectivity index (χ4v) is 1.07. The summed E-state index contributed by atoms with van der Waals surface area (Å²) in [6, 6.07) is 4.45. The fraction of sp³-hybridized carbons (Fsp3) is 0.364. The molecule has 0 bridgehead atoms. The lowest BCUT2D eigenvalue weighted by Crippen LogP contribution is -2.11. The first-order chi connectivity index (χ1) is 7.04. The van der Waals surface area contributed by atoms with Crippen LogP contribution in [0.25, 0.3) is 0 Å². The summed E-state index contributed by atoms with van der Waals surface area (Å²) in [6.45, 7) is 3.90. The number of anilines is 1. The Balaban J connectivity index is 2.95. The number of nitrogen functional groups attached to an aromatic ring is 1. The summed E-state index contributed by atoms with van der Waals surface area (Å²) in [5.41, 5.74) is 6.32. The molecule has 15 heavy (non-hydrogen) atoms. The van der Waals surface area contributed by atoms with Crippen LogP contribution in [0.4, 0.5) is 5.69 Å². The third-order valence-corrected chi connectivity index (χ3v) is 2.16. The Kier molecular flexibility index (Phi) is 3.55. The number of rotatable bonds is 4. The summed E-state index contributed by atoms with van der Waals surface area (Å²) in [5, 5.41) is 8.80. The molecule has 0 saturated heterocycles. The van der Waals surface area contributed by atoms with Gasteiger partial charge in [-0.25, -0.2) is 4.79 Å². The predicted octanol–water partition coefficient (Wildman–Crippen LogP) is 2.14. The van der Waals surface area contributed by atoms with Gasteiger partial charge in [-0.05, 0) is 31.5 Å². The molecule has 0 aromatic heterocycles. The van der Waals surface area contributed by atoms with Crippen molar-refractivity contribution < 1.29 is 14.6 Å². The monoisotopic (exact) mass is 209 g/mol. The van der Waals surface area contributed by atoms with E-state index in [2.05, 4.69) is 0 Å². The van der Waals surface area contributed by atoms with Crippen LogP contribution in [-0.2, 0) is 0 Å². The Hall–Kier alpha value is -1.71. The molecule has 0 amide bonds. The zero-order chi connectivity index (χ0) is 11.4. The van der Waals surface area contributed by atoms with E-state index in [0.717, 1.165) is 6.42 Å². The van der Waals surface area contributed by atoms with Crippen LogP contribution in [0.1, 0.15) is 30.6 Å². The second-order valence-electron chi connectivity index (χ2n) is 3.39. The van der Waals surface area contributed by atoms with Gasteiger partial charge < -0.3 is 15.6 Å². The van der Waals surface area contributed by atoms with Gasteiger partial charge in [0.2, 0.25) is 0 Å². The molecule has 0 heterocycles. The lowest BCUT2D eigenvalue weighted by molar-refractivity contribution is 0.0696. The third kappa shape index (κ3) is 2.87. The van der Waals surface area contributed by atoms with Gasteiger partial charge in [-0.2, -0.15) is 0 Å². The number of carboxylic acid groups (broad SMARTS) is 1. The van der Waals surface area contributed by atoms with Gasteiger partial charge in [-0.15, -0.1) is 0 Å². The van der Waals surface area contributed by atoms with E-state index in [9.17, 15) is 4.79 Å². The maximum absolute atomic E-state index is 10.7. The highest BCUT2D eigenvalue weighted by molar-refractivity contribution is 5.89. The first kappa shape index (κ1) is 11.4. The van der Waals surface area contributed by atoms with E-state index in [1.54, 1.807) is 6.07 Å². The van der Waals surface area contributed by atoms with Crippen molar-refractivity contribution >= 4 is 11.7 Å². The van der Waals surface area contributed by atoms with Crippen molar-refractivity contribution in [2.45, 2.75) is 26.4 Å². The van der Waals surface area contributed by atoms with Crippen molar-refractivity contribution in [1.82, 2.24) is 0 Å². The molecule has 3 N–H and O–H groups in total. The summed E-state index contributed by atoms with van der Waals surface area (Å²) in [5.74, 6) is -0.548. The first-order valence-electron chi connectivity index (χ1n) is 4.84. The molecule has 1 atom stereocenters. The van der Waals surface area contributed by atoms with E-state index in [1.807, 2.05) is 13.8 Å². The molecule has 82 valence electrons. The van der Waals surface area contributed by atoms with Crippen LogP contribution in [0.3, 0.4) is 0 Å². The second kappa shape index (κ2) is 4.68. The average Bonchev–Trinajstić information content (AvgIpc) is 2.20. The van der Waals surface area contributed by atoms with Crippen molar-refractivity contribution in [1.29, 1.82) is 0 Å². The minimum atomic E-state index is -0.982. The molecule has 1 unspecified atom stereocenters. The summed E-state index contributed by atoms with van der Waals surface area (Å²) in [7, 11) is 0. The van der Waals surface area contributed by atoms with Gasteiger partial charge in [0.25, 0.3) is 0 Å². The molecule has 1 aromatic rings. The summed E-state index contributed by atoms with van der Waals surface area (Å²) in [4.78, 5) is 10.7. The minimum absolute atomic E-state index is 0.0244. The largest absolute Gasteiger partial charge is 0.489 e. The van der Waals surface area contributed by atoms with Crippen LogP contribution < -0.4 is 10.5 Å². The van der Waals surface area contributed by atoms with Crippen molar-refractivity contribution in [3.05, 3.63) is 23.8 Å². The number of aromatic carboxylic acids is 1. The Morgan fingerprint density at radius 1 is 1.60 bits per heavy atom. The van der Waals surface area contributed by atoms with E-state index < -0.39 is 5.97 Å². The van der Waals surface area contributed by atoms with Crippen molar-refractivity contribution in [2.24, 2.45) is 0 Å². The van der Waals surface area contributed by atoms with Gasteiger partial charge in [-0.1, -0.05) is 6.92 Å². The zero-order valence-electron chi connectivity index (χ0n) is 8.86. The van der Waals surface area contributed by atoms with Gasteiger partial charge in [0, 0.05) is 0 Å². The van der Waals surface area contributed by atoms with E-state index in [4.69, 9.17) is 15.6 Å². The average molecular weight is 209 g/mol. The highest BCUT2D eigenvalue weighted by atomic mass is 16.5. The topological polar surface area (TPSA) is 72.5 Å². The SMILES string of the molecule is CCC(C)Oc1cc(C(=O)O)ccc1N. The highest BCUT2D eigenvalue weighted by Crippen LogP contribution is 2.24. The standard InChI is InChI=1S/C11H15NO3/c1-3-7(2)15-10-6-8(11(13)14)4-5-9(10)12/h4-7H,3,12H2,1-2H3,(H,13,14). The first-order valence-corrected chi connectivity index (χ1v) is 4.84. The Labute approximate surface area is 88.7 Å². The van der Waals surface area contributed by atoms with Crippen molar-refractivity contribution in [3.8, 4) is 5.75 Å². The summed E-state index contributed by atoms with van der Waals surface area (Å²) in [6.07, 6.45) is 0.868. The van der Waals surface area contributed by atoms with Crippen LogP contribution in [0.15, 0.2) is 18.2 Å². The molecule has 0 fully saturated rings. The number of ether oxygens (including phenoxy) is 1. The Morgan fingerprint density at radius 3 is 2.80 bits per heavy atom. The van der Waals surface area contributed by atoms with Crippen LogP contribution in [0.5, 0.6) is 5.75 Å². The summed E-state index contributed by atoms with van der Waals surface area (Å²) < 4.78 is 5.50. The highest BCUT2D eigenvalue weighted by Gasteiger charge is 2.09. The number of benzene rings is 1. The lowest BCUT2D eigenvalue weighted by Gasteiger charge is -2.14. The zero-order valence-corrected chi connectivity index (χ0v) is 8.86. The molecule has 4 nitrogen and oxygen atoms in total. The molecule has 0 aliphatic carbocycles. The van der Waals surface area contributed by atoms with Gasteiger partial charge in [0.15, 0.2) is 0 Å². The number of carbonyl (C=O) groups is 1. The van der Waals surface area contributed by atoms with Gasteiger partial charge in [0.05, 0.1) is 17.4 Å². The van der Waals surface area contributed by atoms with E-state index >= 15 is 0 Å². The van der Waals surface area contributed by atoms with Crippen LogP contribution in [0.2, 0.25) is 0 Å². The molecular formula is C11H15NO3. The van der Waals surface area contributed by atoms with E-state index in [0.29, 0.717) is 11.4 Å². The van der Waals surface area contributed by atoms with Crippen LogP contribution in [0, 0.1) is 0 Å². The van der Waals surface area contributed by atoms with Gasteiger partial charge in [0.1, 0.15) is 5.75 Å². The Bertz CT molecular complexity index is 363. The number of nitrogens with two attached hydrogens (primary N) is 1. The van der Waals surface area contributed by atoms with Crippen molar-refractivity contribution in [2.75, 3.05) is 5.73 Å². The molecule has 0 aliphatic heterocycles. The molecule has 0 aliphatic rings. The van der Waals surface area contributed by atoms with Gasteiger partial charge in [-0.3, -0.25) is 0 Å². The van der Waals surface area contributed by atoms with E-state index in [1.165, 1.54) is 12.1 Å². The minimum Gasteiger partial charge on any atom is -0.489 e. The van der Waals surface area contributed by atoms with Gasteiger partial charge >= 0.3 is 5.97 Å². The molecule has 4 heteroatoms. The Morgan fingerprint density at radius 2 is 2.27 bits per heavy atom. The quantitative estimate of drug-likeness (QED) is 0.745. The summed E-state index contributed by atoms with van der Waals surface area (Å²) >= 11 is 0. The molecule has 0 radical (unpaired) electrons. The predicted molar refractivity (Wildman–Crippen MR) is 58.2 cm³/mol. The number of hydrogen-bond donors (Lipinski definition) is 2. The smallest absolute Gasteiger partial charge is 0.335 e. The normalized spacial score (nSPS) is 12.1. The third-order valence-electron chi connectivity index (χ3n) is 2.16. The van der Waals surface area contributed by atoms with Crippen LogP contribution in [-0.4, -0.2) is 17.2 Å². The van der Waals surface area contributed by atoms with Crippen molar-refractivity contribution in [3.63, 3.8) is 0 Å². The molecule has 1 rings (SSSR count). The maximum atomic E-state index is 10.7. The molecule has 0 saturated carbocycles. The molecule has 0 spiro atoms. The molecular weight excluding hydrogens is 194 g/mol. The second-order valence-corrected chi connectivity index (χ2v) is 3.39. The number of carboxylic acids is 1. The van der Waals surface area contributed by atoms with E-state index in [-0.39, 0.29) is 11.7 Å².